The normalized spacial score (nSPS) is 11.0. The van der Waals surface area contributed by atoms with Gasteiger partial charge in [-0.1, -0.05) is 6.07 Å². The molecule has 0 fully saturated rings. The zero-order valence-electron chi connectivity index (χ0n) is 12.3. The van der Waals surface area contributed by atoms with E-state index in [1.54, 1.807) is 25.1 Å². The van der Waals surface area contributed by atoms with E-state index in [0.717, 1.165) is 17.5 Å². The fraction of sp³-hybridized carbons (Fsp3) is 0.231. The molecule has 0 aliphatic heterocycles. The number of aryl methyl sites for hydroxylation is 2. The number of thiazole rings is 1. The standard InChI is InChI=1S/C13H16N4O3S2/c1-8-4-5-10(6-11(8)17-22(3,19)20)15-12(18)16-13-14-9(2)7-21-13/h4-7,17H,1-3H3,(H2,14,15,16,18). The fourth-order valence-corrected chi connectivity index (χ4v) is 2.98. The highest BCUT2D eigenvalue weighted by molar-refractivity contribution is 7.92. The van der Waals surface area contributed by atoms with E-state index in [-0.39, 0.29) is 0 Å². The van der Waals surface area contributed by atoms with Gasteiger partial charge in [0.2, 0.25) is 10.0 Å². The van der Waals surface area contributed by atoms with Crippen molar-refractivity contribution < 1.29 is 13.2 Å². The Balaban J connectivity index is 2.09. The first-order valence-corrected chi connectivity index (χ1v) is 9.08. The Bertz CT molecular complexity index is 799. The van der Waals surface area contributed by atoms with Crippen molar-refractivity contribution in [2.45, 2.75) is 13.8 Å². The highest BCUT2D eigenvalue weighted by Crippen LogP contribution is 2.21. The smallest absolute Gasteiger partial charge is 0.308 e. The van der Waals surface area contributed by atoms with Crippen LogP contribution in [0, 0.1) is 13.8 Å². The van der Waals surface area contributed by atoms with Crippen molar-refractivity contribution in [3.63, 3.8) is 0 Å². The van der Waals surface area contributed by atoms with Gasteiger partial charge >= 0.3 is 6.03 Å². The van der Waals surface area contributed by atoms with Crippen LogP contribution in [0.2, 0.25) is 0 Å². The van der Waals surface area contributed by atoms with E-state index in [1.807, 2.05) is 12.3 Å². The van der Waals surface area contributed by atoms with Crippen LogP contribution in [0.5, 0.6) is 0 Å². The number of sulfonamides is 1. The molecule has 22 heavy (non-hydrogen) atoms. The highest BCUT2D eigenvalue weighted by Gasteiger charge is 2.09. The fourth-order valence-electron chi connectivity index (χ4n) is 1.68. The number of amides is 2. The molecule has 0 saturated heterocycles. The molecule has 0 spiro atoms. The first-order valence-electron chi connectivity index (χ1n) is 6.31. The van der Waals surface area contributed by atoms with E-state index in [1.165, 1.54) is 11.3 Å². The molecule has 2 amide bonds. The third kappa shape index (κ3) is 4.71. The van der Waals surface area contributed by atoms with Crippen molar-refractivity contribution in [1.29, 1.82) is 0 Å². The van der Waals surface area contributed by atoms with E-state index >= 15 is 0 Å². The van der Waals surface area contributed by atoms with Gasteiger partial charge in [0.1, 0.15) is 0 Å². The Hall–Kier alpha value is -2.13. The van der Waals surface area contributed by atoms with E-state index in [2.05, 4.69) is 20.3 Å². The zero-order valence-corrected chi connectivity index (χ0v) is 13.9. The maximum Gasteiger partial charge on any atom is 0.325 e. The minimum atomic E-state index is -3.38. The van der Waals surface area contributed by atoms with Crippen LogP contribution in [0.25, 0.3) is 0 Å². The number of anilines is 3. The van der Waals surface area contributed by atoms with Crippen LogP contribution in [-0.4, -0.2) is 25.7 Å². The van der Waals surface area contributed by atoms with Gasteiger partial charge in [0, 0.05) is 11.1 Å². The molecular weight excluding hydrogens is 324 g/mol. The lowest BCUT2D eigenvalue weighted by molar-refractivity contribution is 0.262. The van der Waals surface area contributed by atoms with E-state index < -0.39 is 16.1 Å². The van der Waals surface area contributed by atoms with Crippen molar-refractivity contribution in [1.82, 2.24) is 4.98 Å². The Kier molecular flexibility index (Phi) is 4.67. The van der Waals surface area contributed by atoms with Gasteiger partial charge in [-0.15, -0.1) is 11.3 Å². The molecule has 7 nitrogen and oxygen atoms in total. The number of rotatable bonds is 4. The van der Waals surface area contributed by atoms with E-state index in [9.17, 15) is 13.2 Å². The number of hydrogen-bond donors (Lipinski definition) is 3. The molecule has 1 aromatic heterocycles. The molecule has 0 radical (unpaired) electrons. The van der Waals surface area contributed by atoms with Crippen LogP contribution in [0.15, 0.2) is 23.6 Å². The molecule has 0 aliphatic rings. The molecule has 2 aromatic rings. The van der Waals surface area contributed by atoms with Gasteiger partial charge in [0.25, 0.3) is 0 Å². The Morgan fingerprint density at radius 1 is 1.23 bits per heavy atom. The SMILES string of the molecule is Cc1csc(NC(=O)Nc2ccc(C)c(NS(C)(=O)=O)c2)n1. The van der Waals surface area contributed by atoms with Gasteiger partial charge in [-0.2, -0.15) is 0 Å². The molecule has 2 rings (SSSR count). The topological polar surface area (TPSA) is 100 Å². The molecule has 1 heterocycles. The van der Waals surface area contributed by atoms with E-state index in [4.69, 9.17) is 0 Å². The van der Waals surface area contributed by atoms with Crippen LogP contribution < -0.4 is 15.4 Å². The minimum Gasteiger partial charge on any atom is -0.308 e. The van der Waals surface area contributed by atoms with Crippen LogP contribution >= 0.6 is 11.3 Å². The van der Waals surface area contributed by atoms with Crippen molar-refractivity contribution >= 4 is 43.9 Å². The molecule has 0 aliphatic carbocycles. The monoisotopic (exact) mass is 340 g/mol. The molecular formula is C13H16N4O3S2. The summed E-state index contributed by atoms with van der Waals surface area (Å²) in [5.74, 6) is 0. The third-order valence-electron chi connectivity index (χ3n) is 2.63. The van der Waals surface area contributed by atoms with Gasteiger partial charge < -0.3 is 5.32 Å². The maximum atomic E-state index is 11.9. The van der Waals surface area contributed by atoms with Crippen LogP contribution in [-0.2, 0) is 10.0 Å². The predicted molar refractivity (Wildman–Crippen MR) is 89.1 cm³/mol. The summed E-state index contributed by atoms with van der Waals surface area (Å²) in [6.45, 7) is 3.61. The van der Waals surface area contributed by atoms with Crippen molar-refractivity contribution in [3.8, 4) is 0 Å². The first-order chi connectivity index (χ1) is 10.2. The number of benzene rings is 1. The average Bonchev–Trinajstić information content (AvgIpc) is 2.77. The average molecular weight is 340 g/mol. The quantitative estimate of drug-likeness (QED) is 0.796. The summed E-state index contributed by atoms with van der Waals surface area (Å²) in [6, 6.07) is 4.53. The van der Waals surface area contributed by atoms with Crippen LogP contribution in [0.3, 0.4) is 0 Å². The van der Waals surface area contributed by atoms with E-state index in [0.29, 0.717) is 16.5 Å². The summed E-state index contributed by atoms with van der Waals surface area (Å²) < 4.78 is 25.0. The van der Waals surface area contributed by atoms with Gasteiger partial charge in [-0.05, 0) is 31.5 Å². The van der Waals surface area contributed by atoms with Gasteiger partial charge in [0.15, 0.2) is 5.13 Å². The third-order valence-corrected chi connectivity index (χ3v) is 4.10. The molecule has 0 unspecified atom stereocenters. The minimum absolute atomic E-state index is 0.422. The zero-order chi connectivity index (χ0) is 16.3. The van der Waals surface area contributed by atoms with Crippen molar-refractivity contribution in [2.24, 2.45) is 0 Å². The van der Waals surface area contributed by atoms with Crippen LogP contribution in [0.4, 0.5) is 21.3 Å². The molecule has 0 atom stereocenters. The maximum absolute atomic E-state index is 11.9. The molecule has 9 heteroatoms. The first kappa shape index (κ1) is 16.2. The second kappa shape index (κ2) is 6.32. The molecule has 3 N–H and O–H groups in total. The molecule has 0 saturated carbocycles. The van der Waals surface area contributed by atoms with Gasteiger partial charge in [-0.3, -0.25) is 10.0 Å². The summed E-state index contributed by atoms with van der Waals surface area (Å²) in [4.78, 5) is 16.0. The second-order valence-corrected chi connectivity index (χ2v) is 7.38. The number of urea groups is 1. The second-order valence-electron chi connectivity index (χ2n) is 4.78. The number of nitrogens with one attached hydrogen (secondary N) is 3. The Morgan fingerprint density at radius 3 is 2.55 bits per heavy atom. The summed E-state index contributed by atoms with van der Waals surface area (Å²) in [5.41, 5.74) is 2.48. The van der Waals surface area contributed by atoms with Crippen molar-refractivity contribution in [3.05, 3.63) is 34.8 Å². The molecule has 1 aromatic carbocycles. The summed E-state index contributed by atoms with van der Waals surface area (Å²) in [7, 11) is -3.38. The number of hydrogen-bond acceptors (Lipinski definition) is 5. The Labute approximate surface area is 132 Å². The summed E-state index contributed by atoms with van der Waals surface area (Å²) in [5, 5.41) is 7.57. The molecule has 0 bridgehead atoms. The highest BCUT2D eigenvalue weighted by atomic mass is 32.2. The van der Waals surface area contributed by atoms with Gasteiger partial charge in [0.05, 0.1) is 17.6 Å². The number of carbonyl (C=O) groups excluding carboxylic acids is 1. The largest absolute Gasteiger partial charge is 0.325 e. The van der Waals surface area contributed by atoms with Crippen LogP contribution in [0.1, 0.15) is 11.3 Å². The van der Waals surface area contributed by atoms with Crippen molar-refractivity contribution in [2.75, 3.05) is 21.6 Å². The molecule has 118 valence electrons. The number of carbonyl (C=O) groups is 1. The lowest BCUT2D eigenvalue weighted by Crippen LogP contribution is -2.19. The summed E-state index contributed by atoms with van der Waals surface area (Å²) >= 11 is 1.33. The number of nitrogens with zero attached hydrogens (tertiary/aromatic N) is 1. The lowest BCUT2D eigenvalue weighted by atomic mass is 10.2. The van der Waals surface area contributed by atoms with Gasteiger partial charge in [-0.25, -0.2) is 18.2 Å². The summed E-state index contributed by atoms with van der Waals surface area (Å²) in [6.07, 6.45) is 1.07. The lowest BCUT2D eigenvalue weighted by Gasteiger charge is -2.11. The Morgan fingerprint density at radius 2 is 1.95 bits per heavy atom. The predicted octanol–water partition coefficient (Wildman–Crippen LogP) is 2.78. The number of aromatic nitrogens is 1.